The molecule has 0 saturated carbocycles. The minimum atomic E-state index is -0.321. The standard InChI is InChI=1S/C9H12O4S/c1-5-7(8(10)11-2)14-6-3-4-12-9(6)13-5/h6,9H,3-4H2,1-2H3/t6-,9-/m1/s1. The van der Waals surface area contributed by atoms with Crippen molar-refractivity contribution in [3.05, 3.63) is 10.7 Å². The number of rotatable bonds is 1. The van der Waals surface area contributed by atoms with E-state index in [1.54, 1.807) is 6.92 Å². The highest BCUT2D eigenvalue weighted by Crippen LogP contribution is 2.40. The molecule has 0 aromatic rings. The third-order valence-electron chi connectivity index (χ3n) is 2.24. The maximum atomic E-state index is 11.3. The van der Waals surface area contributed by atoms with Crippen LogP contribution in [-0.2, 0) is 19.0 Å². The molecule has 0 radical (unpaired) electrons. The molecule has 78 valence electrons. The van der Waals surface area contributed by atoms with Gasteiger partial charge in [0, 0.05) is 0 Å². The van der Waals surface area contributed by atoms with E-state index < -0.39 is 0 Å². The second-order valence-electron chi connectivity index (χ2n) is 3.18. The first-order valence-electron chi connectivity index (χ1n) is 4.46. The van der Waals surface area contributed by atoms with Crippen molar-refractivity contribution in [2.45, 2.75) is 24.9 Å². The largest absolute Gasteiger partial charge is 0.467 e. The highest BCUT2D eigenvalue weighted by atomic mass is 32.2. The lowest BCUT2D eigenvalue weighted by Crippen LogP contribution is -2.27. The van der Waals surface area contributed by atoms with Crippen LogP contribution in [0.3, 0.4) is 0 Å². The van der Waals surface area contributed by atoms with Crippen LogP contribution in [0.5, 0.6) is 0 Å². The molecule has 0 N–H and O–H groups in total. The Morgan fingerprint density at radius 2 is 2.43 bits per heavy atom. The van der Waals surface area contributed by atoms with E-state index in [9.17, 15) is 4.79 Å². The molecule has 0 spiro atoms. The van der Waals surface area contributed by atoms with Crippen molar-refractivity contribution in [1.82, 2.24) is 0 Å². The Bertz CT molecular complexity index is 287. The molecule has 0 amide bonds. The van der Waals surface area contributed by atoms with Crippen LogP contribution in [0.2, 0.25) is 0 Å². The summed E-state index contributed by atoms with van der Waals surface area (Å²) in [6.07, 6.45) is 0.733. The van der Waals surface area contributed by atoms with Crippen molar-refractivity contribution in [1.29, 1.82) is 0 Å². The fourth-order valence-corrected chi connectivity index (χ4v) is 2.67. The van der Waals surface area contributed by atoms with Gasteiger partial charge in [0.25, 0.3) is 0 Å². The zero-order valence-electron chi connectivity index (χ0n) is 8.11. The molecule has 0 aromatic heterocycles. The third kappa shape index (κ3) is 1.62. The molecule has 2 aliphatic heterocycles. The lowest BCUT2D eigenvalue weighted by atomic mass is 10.3. The normalized spacial score (nSPS) is 31.0. The van der Waals surface area contributed by atoms with Gasteiger partial charge in [-0.25, -0.2) is 4.79 Å². The molecule has 0 bridgehead atoms. The van der Waals surface area contributed by atoms with Crippen LogP contribution in [-0.4, -0.2) is 31.2 Å². The molecule has 1 saturated heterocycles. The topological polar surface area (TPSA) is 44.8 Å². The molecule has 4 nitrogen and oxygen atoms in total. The van der Waals surface area contributed by atoms with Gasteiger partial charge in [-0.15, -0.1) is 11.8 Å². The first-order chi connectivity index (χ1) is 6.72. The SMILES string of the molecule is COC(=O)C1=C(C)O[C@H]2OCC[C@H]2S1. The summed E-state index contributed by atoms with van der Waals surface area (Å²) in [6.45, 7) is 2.46. The fraction of sp³-hybridized carbons (Fsp3) is 0.667. The van der Waals surface area contributed by atoms with E-state index in [1.807, 2.05) is 0 Å². The van der Waals surface area contributed by atoms with Gasteiger partial charge in [-0.2, -0.15) is 0 Å². The zero-order valence-corrected chi connectivity index (χ0v) is 8.93. The minimum absolute atomic E-state index is 0.187. The van der Waals surface area contributed by atoms with E-state index >= 15 is 0 Å². The van der Waals surface area contributed by atoms with Gasteiger partial charge in [-0.05, 0) is 13.3 Å². The van der Waals surface area contributed by atoms with Crippen molar-refractivity contribution in [2.24, 2.45) is 0 Å². The van der Waals surface area contributed by atoms with Crippen molar-refractivity contribution in [3.8, 4) is 0 Å². The molecule has 1 fully saturated rings. The monoisotopic (exact) mass is 216 g/mol. The Balaban J connectivity index is 2.16. The van der Waals surface area contributed by atoms with E-state index in [4.69, 9.17) is 9.47 Å². The molecule has 14 heavy (non-hydrogen) atoms. The average Bonchev–Trinajstić information content (AvgIpc) is 2.62. The zero-order chi connectivity index (χ0) is 10.1. The summed E-state index contributed by atoms with van der Waals surface area (Å²) >= 11 is 1.50. The Morgan fingerprint density at radius 3 is 3.14 bits per heavy atom. The number of methoxy groups -OCH3 is 1. The maximum absolute atomic E-state index is 11.3. The number of fused-ring (bicyclic) bond motifs is 1. The van der Waals surface area contributed by atoms with Gasteiger partial charge in [0.15, 0.2) is 0 Å². The van der Waals surface area contributed by atoms with Gasteiger partial charge in [0.2, 0.25) is 6.29 Å². The maximum Gasteiger partial charge on any atom is 0.347 e. The molecule has 0 unspecified atom stereocenters. The number of carbonyl (C=O) groups excluding carboxylic acids is 1. The van der Waals surface area contributed by atoms with Gasteiger partial charge < -0.3 is 14.2 Å². The molecule has 2 aliphatic rings. The Kier molecular flexibility index (Phi) is 2.69. The molecule has 0 aliphatic carbocycles. The first-order valence-corrected chi connectivity index (χ1v) is 5.34. The Hall–Kier alpha value is -0.680. The van der Waals surface area contributed by atoms with Crippen LogP contribution < -0.4 is 0 Å². The molecule has 2 heterocycles. The lowest BCUT2D eigenvalue weighted by Gasteiger charge is -2.26. The van der Waals surface area contributed by atoms with E-state index in [0.29, 0.717) is 17.3 Å². The predicted molar refractivity (Wildman–Crippen MR) is 51.5 cm³/mol. The first kappa shape index (κ1) is 9.86. The summed E-state index contributed by atoms with van der Waals surface area (Å²) in [7, 11) is 1.38. The Labute approximate surface area is 86.6 Å². The number of thioether (sulfide) groups is 1. The van der Waals surface area contributed by atoms with Crippen molar-refractivity contribution in [2.75, 3.05) is 13.7 Å². The van der Waals surface area contributed by atoms with E-state index in [-0.39, 0.29) is 17.5 Å². The number of ether oxygens (including phenoxy) is 3. The summed E-state index contributed by atoms with van der Waals surface area (Å²) in [5.41, 5.74) is 0. The average molecular weight is 216 g/mol. The van der Waals surface area contributed by atoms with Crippen molar-refractivity contribution >= 4 is 17.7 Å². The second kappa shape index (κ2) is 3.82. The van der Waals surface area contributed by atoms with E-state index in [0.717, 1.165) is 6.42 Å². The van der Waals surface area contributed by atoms with Crippen LogP contribution in [0.25, 0.3) is 0 Å². The van der Waals surface area contributed by atoms with Crippen LogP contribution in [0.15, 0.2) is 10.7 Å². The smallest absolute Gasteiger partial charge is 0.347 e. The number of hydrogen-bond acceptors (Lipinski definition) is 5. The highest BCUT2D eigenvalue weighted by molar-refractivity contribution is 8.04. The molecule has 5 heteroatoms. The van der Waals surface area contributed by atoms with Gasteiger partial charge in [0.1, 0.15) is 10.7 Å². The third-order valence-corrected chi connectivity index (χ3v) is 3.69. The van der Waals surface area contributed by atoms with Gasteiger partial charge in [-0.1, -0.05) is 0 Å². The molecule has 0 aromatic carbocycles. The Morgan fingerprint density at radius 1 is 1.64 bits per heavy atom. The quantitative estimate of drug-likeness (QED) is 0.618. The number of esters is 1. The summed E-state index contributed by atoms with van der Waals surface area (Å²) in [6, 6.07) is 0. The predicted octanol–water partition coefficient (Wildman–Crippen LogP) is 1.27. The lowest BCUT2D eigenvalue weighted by molar-refractivity contribution is -0.136. The van der Waals surface area contributed by atoms with Gasteiger partial charge in [-0.3, -0.25) is 0 Å². The van der Waals surface area contributed by atoms with Crippen LogP contribution in [0.1, 0.15) is 13.3 Å². The summed E-state index contributed by atoms with van der Waals surface area (Å²) in [4.78, 5) is 11.9. The van der Waals surface area contributed by atoms with Crippen molar-refractivity contribution < 1.29 is 19.0 Å². The number of allylic oxidation sites excluding steroid dienone is 1. The summed E-state index contributed by atoms with van der Waals surface area (Å²) in [5.74, 6) is 0.280. The summed E-state index contributed by atoms with van der Waals surface area (Å²) in [5, 5.41) is 0.229. The molecular weight excluding hydrogens is 204 g/mol. The van der Waals surface area contributed by atoms with Crippen LogP contribution in [0.4, 0.5) is 0 Å². The molecule has 2 atom stereocenters. The molecule has 2 rings (SSSR count). The number of hydrogen-bond donors (Lipinski definition) is 0. The van der Waals surface area contributed by atoms with Crippen LogP contribution in [0, 0.1) is 0 Å². The second-order valence-corrected chi connectivity index (χ2v) is 4.43. The van der Waals surface area contributed by atoms with Gasteiger partial charge >= 0.3 is 5.97 Å². The van der Waals surface area contributed by atoms with Gasteiger partial charge in [0.05, 0.1) is 19.0 Å². The molecular formula is C9H12O4S. The minimum Gasteiger partial charge on any atom is -0.467 e. The van der Waals surface area contributed by atoms with E-state index in [2.05, 4.69) is 4.74 Å². The van der Waals surface area contributed by atoms with E-state index in [1.165, 1.54) is 18.9 Å². The fourth-order valence-electron chi connectivity index (χ4n) is 1.51. The highest BCUT2D eigenvalue weighted by Gasteiger charge is 2.38. The van der Waals surface area contributed by atoms with Crippen LogP contribution >= 0.6 is 11.8 Å². The van der Waals surface area contributed by atoms with Crippen molar-refractivity contribution in [3.63, 3.8) is 0 Å². The number of carbonyl (C=O) groups is 1. The summed E-state index contributed by atoms with van der Waals surface area (Å²) < 4.78 is 15.5.